The number of benzene rings is 6. The monoisotopic (exact) mass is 1730 g/mol. The number of carbonyl (C=O) groups excluding carboxylic acids is 1. The molecule has 1 aliphatic rings. The normalized spacial score (nSPS) is 12.3. The van der Waals surface area contributed by atoms with Crippen LogP contribution in [0.25, 0.3) is 60.5 Å². The zero-order valence-electron chi connectivity index (χ0n) is 68.5. The van der Waals surface area contributed by atoms with Gasteiger partial charge in [-0.2, -0.15) is 13.7 Å². The smallest absolute Gasteiger partial charge is 0.396 e. The molecule has 14 nitrogen and oxygen atoms in total. The van der Waals surface area contributed by atoms with Crippen LogP contribution in [0.5, 0.6) is 0 Å². The number of carbonyl (C=O) groups is 1. The molecule has 1 atom stereocenters. The molecule has 9 aromatic heterocycles. The Balaban J connectivity index is 0.000000155. The third kappa shape index (κ3) is 28.0. The molecule has 0 aliphatic carbocycles. The second kappa shape index (κ2) is 45.0. The van der Waals surface area contributed by atoms with Gasteiger partial charge in [-0.15, -0.1) is 68.0 Å². The first-order valence-electron chi connectivity index (χ1n) is 38.2. The van der Waals surface area contributed by atoms with Gasteiger partial charge in [-0.05, 0) is 296 Å². The average Bonchev–Trinajstić information content (AvgIpc) is 1.64. The summed E-state index contributed by atoms with van der Waals surface area (Å²) in [5.74, 6) is 0.347. The first-order valence-corrected chi connectivity index (χ1v) is 45.3. The minimum atomic E-state index is -3.55. The Hall–Kier alpha value is -8.16. The Morgan fingerprint density at radius 1 is 0.478 bits per heavy atom. The number of halogens is 1. The van der Waals surface area contributed by atoms with Crippen molar-refractivity contribution in [1.82, 2.24) is 34.6 Å². The van der Waals surface area contributed by atoms with Crippen LogP contribution < -0.4 is 0 Å². The third-order valence-corrected chi connectivity index (χ3v) is 27.3. The van der Waals surface area contributed by atoms with E-state index in [1.165, 1.54) is 118 Å². The van der Waals surface area contributed by atoms with E-state index >= 15 is 0 Å². The van der Waals surface area contributed by atoms with Crippen molar-refractivity contribution in [2.75, 3.05) is 102 Å². The number of fused-ring (bicyclic) bond motifs is 6. The van der Waals surface area contributed by atoms with Crippen LogP contribution in [0.1, 0.15) is 104 Å². The van der Waals surface area contributed by atoms with E-state index in [4.69, 9.17) is 10.4 Å². The molecule has 0 spiro atoms. The quantitative estimate of drug-likeness (QED) is 0.0807. The second-order valence-electron chi connectivity index (χ2n) is 29.2. The summed E-state index contributed by atoms with van der Waals surface area (Å²) in [6.45, 7) is 19.8. The molecule has 0 bridgehead atoms. The summed E-state index contributed by atoms with van der Waals surface area (Å²) in [6.07, 6.45) is 10.2. The van der Waals surface area contributed by atoms with Crippen LogP contribution in [0.3, 0.4) is 0 Å². The molecule has 1 fully saturated rings. The molecule has 6 aromatic carbocycles. The minimum absolute atomic E-state index is 0.0226. The number of aliphatic hydroxyl groups excluding tert-OH is 1. The fraction of sp³-hybridized carbons (Fsp3) is 0.301. The molecule has 1 unspecified atom stereocenters. The van der Waals surface area contributed by atoms with Crippen molar-refractivity contribution in [3.63, 3.8) is 0 Å². The number of hydrogen-bond donors (Lipinski definition) is 1. The zero-order valence-corrected chi connectivity index (χ0v) is 75.8. The van der Waals surface area contributed by atoms with Gasteiger partial charge in [0.1, 0.15) is 17.5 Å². The molecule has 1 N–H and O–H groups in total. The van der Waals surface area contributed by atoms with Gasteiger partial charge < -0.3 is 24.7 Å². The van der Waals surface area contributed by atoms with Crippen LogP contribution in [0.2, 0.25) is 0 Å². The molecule has 1 saturated heterocycles. The number of nitrogens with zero attached hydrogens (tertiary/aromatic N) is 8. The van der Waals surface area contributed by atoms with Crippen LogP contribution in [0, 0.1) is 52.9 Å². The highest BCUT2D eigenvalue weighted by Gasteiger charge is 2.23. The molecule has 0 saturated carbocycles. The number of aryl methyl sites for hydroxylation is 6. The summed E-state index contributed by atoms with van der Waals surface area (Å²) < 4.78 is 37.5. The van der Waals surface area contributed by atoms with Gasteiger partial charge in [-0.1, -0.05) is 97.9 Å². The second-order valence-corrected chi connectivity index (χ2v) is 38.0. The van der Waals surface area contributed by atoms with Gasteiger partial charge >= 0.3 is 10.4 Å². The minimum Gasteiger partial charge on any atom is -0.396 e. The highest BCUT2D eigenvalue weighted by Crippen LogP contribution is 2.41. The lowest BCUT2D eigenvalue weighted by Crippen LogP contribution is -2.16. The third-order valence-electron chi connectivity index (χ3n) is 18.3. The molecule has 1 aliphatic heterocycles. The Bertz CT molecular complexity index is 5740. The number of pyridine rings is 3. The Morgan fingerprint density at radius 3 is 1.40 bits per heavy atom. The van der Waals surface area contributed by atoms with Crippen molar-refractivity contribution in [2.45, 2.75) is 86.5 Å². The highest BCUT2D eigenvalue weighted by molar-refractivity contribution is 9.10. The van der Waals surface area contributed by atoms with Crippen LogP contribution in [-0.4, -0.2) is 156 Å². The molecule has 115 heavy (non-hydrogen) atoms. The molecule has 22 heteroatoms. The Kier molecular flexibility index (Phi) is 35.5. The van der Waals surface area contributed by atoms with Crippen LogP contribution in [-0.2, 0) is 50.9 Å². The number of hydrogen-bond acceptors (Lipinski definition) is 20. The number of ketones is 1. The first-order chi connectivity index (χ1) is 55.1. The topological polar surface area (TPSA) is 165 Å². The number of aliphatic hydroxyl groups is 1. The van der Waals surface area contributed by atoms with Gasteiger partial charge in [0.2, 0.25) is 5.78 Å². The standard InChI is InChI=1S/C20H24N2S.C19H20N2OS.C13H16BrNS.C13H17NS.C11H12OS.C9H8S.C6H4N2.C2H4O4S/c1-14-8-9-16-19(13-14)23-18(10-12-22(3)4)20(16)15(2)17-7-5-6-11-21-17;1-13-7-8-14-17(12-13)23-16(9-11-21(2)3)18(14)19(22)15-6-4-5-10-20-15;1-9-4-5-10-12(8-9)16-11(13(10)14)6-7-15(2)3;1-10-4-5-11-9-12(6-7-14(2)3)15-13(11)8-10;1-8-2-3-9-7-10(4-5-12)13-11(9)6-8;1-7-2-3-8-4-5-10-9(8)6-7;7-5-6-3-1-2-4-8-6;3-7(4)5-1-2-6-7/h5-9,11,13,15H,10,12H2,1-4H3;4-8,10,12H,9,11H2,1-3H3;4-5,8H,6-7H2,1-3H3;4-5,8-9H,6-7H2,1-3H3;2-3,6-7,12H,4-5H2,1H3;2-6H,1H3;1-4H;1-2H2. The predicted molar refractivity (Wildman–Crippen MR) is 496 cm³/mol. The zero-order chi connectivity index (χ0) is 82.7. The van der Waals surface area contributed by atoms with Gasteiger partial charge in [0.05, 0.1) is 13.2 Å². The lowest BCUT2D eigenvalue weighted by molar-refractivity contribution is 0.103. The van der Waals surface area contributed by atoms with E-state index in [1.807, 2.05) is 64.5 Å². The number of likely N-dealkylation sites (N-methyl/N-ethyl adjacent to an activating group) is 4. The molecule has 602 valence electrons. The maximum atomic E-state index is 13.0. The molecule has 16 rings (SSSR count). The van der Waals surface area contributed by atoms with Crippen LogP contribution in [0.4, 0.5) is 0 Å². The Morgan fingerprint density at radius 2 is 0.913 bits per heavy atom. The van der Waals surface area contributed by atoms with Crippen LogP contribution >= 0.6 is 84.0 Å². The van der Waals surface area contributed by atoms with Crippen molar-refractivity contribution in [1.29, 1.82) is 5.26 Å². The van der Waals surface area contributed by atoms with Gasteiger partial charge in [0.25, 0.3) is 0 Å². The maximum absolute atomic E-state index is 13.0. The van der Waals surface area contributed by atoms with Gasteiger partial charge in [0, 0.05) is 143 Å². The van der Waals surface area contributed by atoms with Crippen molar-refractivity contribution in [2.24, 2.45) is 0 Å². The van der Waals surface area contributed by atoms with Crippen molar-refractivity contribution >= 4 is 161 Å². The molecule has 15 aromatic rings. The molecule has 0 amide bonds. The number of thiophene rings is 6. The summed E-state index contributed by atoms with van der Waals surface area (Å²) in [4.78, 5) is 41.3. The van der Waals surface area contributed by atoms with Gasteiger partial charge in [-0.25, -0.2) is 13.4 Å². The highest BCUT2D eigenvalue weighted by atomic mass is 79.9. The van der Waals surface area contributed by atoms with E-state index in [0.717, 1.165) is 79.8 Å². The lowest BCUT2D eigenvalue weighted by Gasteiger charge is -2.15. The lowest BCUT2D eigenvalue weighted by atomic mass is 9.93. The maximum Gasteiger partial charge on any atom is 0.400 e. The number of nitriles is 1. The van der Waals surface area contributed by atoms with Crippen molar-refractivity contribution in [3.05, 3.63) is 296 Å². The molecular formula is C93H105BrN8O6S7. The number of rotatable bonds is 18. The fourth-order valence-corrected chi connectivity index (χ4v) is 20.8. The van der Waals surface area contributed by atoms with E-state index < -0.39 is 10.4 Å². The summed E-state index contributed by atoms with van der Waals surface area (Å²) in [6, 6.07) is 64.9. The van der Waals surface area contributed by atoms with Crippen molar-refractivity contribution < 1.29 is 26.7 Å². The summed E-state index contributed by atoms with van der Waals surface area (Å²) >= 11 is 14.8. The molecule has 0 radical (unpaired) electrons. The summed E-state index contributed by atoms with van der Waals surface area (Å²) in [5, 5.41) is 27.0. The predicted octanol–water partition coefficient (Wildman–Crippen LogP) is 22.4. The SMILES string of the molecule is Cc1ccc2c(Br)c(CCN(C)C)sc2c1.Cc1ccc2c(C(=O)c3ccccn3)c(CCN(C)C)sc2c1.Cc1ccc2c(C(C)c3ccccn3)c(CCN(C)C)sc2c1.Cc1ccc2cc(CCN(C)C)sc2c1.Cc1ccc2cc(CCO)sc2c1.Cc1ccc2ccsc2c1.N#Cc1ccccn1.O=S1(=O)OCCO1. The fourth-order valence-electron chi connectivity index (χ4n) is 12.3. The summed E-state index contributed by atoms with van der Waals surface area (Å²) in [7, 11) is 13.3. The van der Waals surface area contributed by atoms with Gasteiger partial charge in [0.15, 0.2) is 0 Å². The van der Waals surface area contributed by atoms with E-state index in [1.54, 1.807) is 70.7 Å². The Labute approximate surface area is 712 Å². The van der Waals surface area contributed by atoms with Crippen molar-refractivity contribution in [3.8, 4) is 6.07 Å². The van der Waals surface area contributed by atoms with E-state index in [9.17, 15) is 13.2 Å². The van der Waals surface area contributed by atoms with E-state index in [2.05, 4.69) is 309 Å². The number of aromatic nitrogens is 3. The first kappa shape index (κ1) is 90.8. The largest absolute Gasteiger partial charge is 0.400 e. The summed E-state index contributed by atoms with van der Waals surface area (Å²) in [5.41, 5.74) is 12.3. The van der Waals surface area contributed by atoms with Gasteiger partial charge in [-0.3, -0.25) is 14.8 Å². The molecule has 10 heterocycles. The van der Waals surface area contributed by atoms with E-state index in [-0.39, 0.29) is 25.6 Å². The van der Waals surface area contributed by atoms with E-state index in [0.29, 0.717) is 17.3 Å². The van der Waals surface area contributed by atoms with Crippen LogP contribution in [0.15, 0.2) is 210 Å². The molecular weight excluding hydrogens is 1630 g/mol. The average molecular weight is 1740 g/mol.